The number of carbonyl (C=O) groups is 1. The van der Waals surface area contributed by atoms with E-state index in [1.807, 2.05) is 13.2 Å². The van der Waals surface area contributed by atoms with E-state index in [4.69, 9.17) is 5.73 Å². The number of non-ortho nitro benzene ring substituents is 1. The maximum atomic E-state index is 12.0. The molecule has 0 aliphatic carbocycles. The van der Waals surface area contributed by atoms with Crippen molar-refractivity contribution in [1.29, 1.82) is 0 Å². The molecule has 104 valence electrons. The summed E-state index contributed by atoms with van der Waals surface area (Å²) in [6, 6.07) is 3.85. The summed E-state index contributed by atoms with van der Waals surface area (Å²) in [5, 5.41) is 13.5. The summed E-state index contributed by atoms with van der Waals surface area (Å²) in [5.74, 6) is 0.557. The maximum Gasteiger partial charge on any atom is 0.270 e. The van der Waals surface area contributed by atoms with Crippen LogP contribution >= 0.6 is 11.8 Å². The number of hydrogen-bond donors (Lipinski definition) is 2. The molecule has 0 bridgehead atoms. The number of nitrogen functional groups attached to an aromatic ring is 1. The Morgan fingerprint density at radius 1 is 1.58 bits per heavy atom. The van der Waals surface area contributed by atoms with Crippen LogP contribution in [-0.2, 0) is 0 Å². The predicted octanol–water partition coefficient (Wildman–Crippen LogP) is 2.05. The zero-order chi connectivity index (χ0) is 14.4. The van der Waals surface area contributed by atoms with Crippen molar-refractivity contribution in [3.05, 3.63) is 33.9 Å². The summed E-state index contributed by atoms with van der Waals surface area (Å²) in [6.45, 7) is 1.89. The third-order valence-corrected chi connectivity index (χ3v) is 3.27. The molecule has 0 aliphatic rings. The van der Waals surface area contributed by atoms with Crippen LogP contribution in [0.1, 0.15) is 23.7 Å². The van der Waals surface area contributed by atoms with Gasteiger partial charge in [0.15, 0.2) is 0 Å². The first-order valence-electron chi connectivity index (χ1n) is 5.79. The quantitative estimate of drug-likeness (QED) is 0.473. The number of rotatable bonds is 6. The van der Waals surface area contributed by atoms with Crippen LogP contribution in [0.4, 0.5) is 11.4 Å². The van der Waals surface area contributed by atoms with Crippen molar-refractivity contribution in [3.63, 3.8) is 0 Å². The minimum Gasteiger partial charge on any atom is -0.398 e. The van der Waals surface area contributed by atoms with Gasteiger partial charge in [0, 0.05) is 23.9 Å². The Bertz CT molecular complexity index is 479. The number of nitro benzene ring substituents is 1. The predicted molar refractivity (Wildman–Crippen MR) is 77.4 cm³/mol. The first kappa shape index (κ1) is 15.3. The highest BCUT2D eigenvalue weighted by Gasteiger charge is 2.16. The fraction of sp³-hybridized carbons (Fsp3) is 0.417. The number of benzene rings is 1. The van der Waals surface area contributed by atoms with Crippen LogP contribution in [0.15, 0.2) is 18.2 Å². The van der Waals surface area contributed by atoms with Gasteiger partial charge in [0.05, 0.1) is 10.5 Å². The Morgan fingerprint density at radius 2 is 2.26 bits per heavy atom. The van der Waals surface area contributed by atoms with Gasteiger partial charge in [-0.25, -0.2) is 0 Å². The van der Waals surface area contributed by atoms with Crippen LogP contribution < -0.4 is 11.1 Å². The van der Waals surface area contributed by atoms with Gasteiger partial charge in [-0.3, -0.25) is 14.9 Å². The summed E-state index contributed by atoms with van der Waals surface area (Å²) in [5.41, 5.74) is 5.92. The van der Waals surface area contributed by atoms with Gasteiger partial charge in [-0.05, 0) is 31.4 Å². The fourth-order valence-corrected chi connectivity index (χ4v) is 2.11. The molecule has 0 radical (unpaired) electrons. The normalized spacial score (nSPS) is 11.9. The van der Waals surface area contributed by atoms with Gasteiger partial charge < -0.3 is 11.1 Å². The highest BCUT2D eigenvalue weighted by Crippen LogP contribution is 2.19. The minimum absolute atomic E-state index is 0.00128. The van der Waals surface area contributed by atoms with Gasteiger partial charge in [0.25, 0.3) is 11.6 Å². The smallest absolute Gasteiger partial charge is 0.270 e. The monoisotopic (exact) mass is 283 g/mol. The lowest BCUT2D eigenvalue weighted by atomic mass is 10.1. The van der Waals surface area contributed by atoms with Crippen LogP contribution in [0.5, 0.6) is 0 Å². The molecule has 6 nitrogen and oxygen atoms in total. The molecule has 0 fully saturated rings. The number of nitrogens with zero attached hydrogens (tertiary/aromatic N) is 1. The third-order valence-electron chi connectivity index (χ3n) is 2.62. The highest BCUT2D eigenvalue weighted by molar-refractivity contribution is 7.98. The minimum atomic E-state index is -0.548. The molecule has 0 spiro atoms. The molecule has 1 rings (SSSR count). The molecule has 0 saturated heterocycles. The van der Waals surface area contributed by atoms with Gasteiger partial charge in [-0.1, -0.05) is 0 Å². The summed E-state index contributed by atoms with van der Waals surface area (Å²) < 4.78 is 0. The second-order valence-corrected chi connectivity index (χ2v) is 5.17. The number of thioether (sulfide) groups is 1. The number of nitro groups is 1. The Morgan fingerprint density at radius 3 is 2.84 bits per heavy atom. The molecule has 1 aromatic carbocycles. The summed E-state index contributed by atoms with van der Waals surface area (Å²) >= 11 is 1.70. The summed E-state index contributed by atoms with van der Waals surface area (Å²) in [7, 11) is 0. The molecule has 0 saturated carbocycles. The zero-order valence-electron chi connectivity index (χ0n) is 10.9. The van der Waals surface area contributed by atoms with E-state index in [-0.39, 0.29) is 28.9 Å². The lowest BCUT2D eigenvalue weighted by molar-refractivity contribution is -0.384. The van der Waals surface area contributed by atoms with Gasteiger partial charge in [-0.2, -0.15) is 11.8 Å². The van der Waals surface area contributed by atoms with Crippen molar-refractivity contribution in [3.8, 4) is 0 Å². The first-order valence-corrected chi connectivity index (χ1v) is 7.18. The van der Waals surface area contributed by atoms with E-state index in [1.54, 1.807) is 11.8 Å². The van der Waals surface area contributed by atoms with Crippen LogP contribution in [0, 0.1) is 10.1 Å². The van der Waals surface area contributed by atoms with E-state index in [0.29, 0.717) is 0 Å². The van der Waals surface area contributed by atoms with Crippen molar-refractivity contribution >= 4 is 29.0 Å². The Hall–Kier alpha value is -1.76. The molecule has 1 amide bonds. The average molecular weight is 283 g/mol. The number of carbonyl (C=O) groups excluding carboxylic acids is 1. The van der Waals surface area contributed by atoms with Crippen molar-refractivity contribution in [1.82, 2.24) is 5.32 Å². The molecule has 0 heterocycles. The van der Waals surface area contributed by atoms with E-state index in [0.717, 1.165) is 12.2 Å². The second kappa shape index (κ2) is 6.98. The largest absolute Gasteiger partial charge is 0.398 e. The number of nitrogens with two attached hydrogens (primary N) is 1. The van der Waals surface area contributed by atoms with E-state index < -0.39 is 4.92 Å². The Kier molecular flexibility index (Phi) is 5.62. The Labute approximate surface area is 115 Å². The average Bonchev–Trinajstić information content (AvgIpc) is 2.36. The number of nitrogens with one attached hydrogen (secondary N) is 1. The lowest BCUT2D eigenvalue weighted by Crippen LogP contribution is -2.33. The Balaban J connectivity index is 2.81. The van der Waals surface area contributed by atoms with Gasteiger partial charge in [-0.15, -0.1) is 0 Å². The molecular formula is C12H17N3O3S. The summed E-state index contributed by atoms with van der Waals surface area (Å²) in [4.78, 5) is 22.1. The van der Waals surface area contributed by atoms with Crippen molar-refractivity contribution < 1.29 is 9.72 Å². The van der Waals surface area contributed by atoms with Gasteiger partial charge in [0.2, 0.25) is 0 Å². The van der Waals surface area contributed by atoms with E-state index in [9.17, 15) is 14.9 Å². The SMILES string of the molecule is CSCCC(C)NC(=O)c1cc([N+](=O)[O-])ccc1N. The molecule has 0 aliphatic heterocycles. The molecule has 1 unspecified atom stereocenters. The van der Waals surface area contributed by atoms with E-state index in [1.165, 1.54) is 18.2 Å². The van der Waals surface area contributed by atoms with Crippen molar-refractivity contribution in [2.45, 2.75) is 19.4 Å². The third kappa shape index (κ3) is 4.44. The zero-order valence-corrected chi connectivity index (χ0v) is 11.7. The summed E-state index contributed by atoms with van der Waals surface area (Å²) in [6.07, 6.45) is 2.83. The molecule has 19 heavy (non-hydrogen) atoms. The fourth-order valence-electron chi connectivity index (χ4n) is 1.52. The van der Waals surface area contributed by atoms with Crippen LogP contribution in [0.25, 0.3) is 0 Å². The van der Waals surface area contributed by atoms with E-state index >= 15 is 0 Å². The van der Waals surface area contributed by atoms with Crippen LogP contribution in [-0.4, -0.2) is 28.9 Å². The first-order chi connectivity index (χ1) is 8.95. The molecule has 7 heteroatoms. The number of anilines is 1. The molecule has 0 aromatic heterocycles. The molecular weight excluding hydrogens is 266 g/mol. The molecule has 1 aromatic rings. The van der Waals surface area contributed by atoms with Gasteiger partial charge >= 0.3 is 0 Å². The van der Waals surface area contributed by atoms with Gasteiger partial charge in [0.1, 0.15) is 0 Å². The lowest BCUT2D eigenvalue weighted by Gasteiger charge is -2.14. The van der Waals surface area contributed by atoms with Crippen molar-refractivity contribution in [2.24, 2.45) is 0 Å². The molecule has 3 N–H and O–H groups in total. The topological polar surface area (TPSA) is 98.3 Å². The maximum absolute atomic E-state index is 12.0. The van der Waals surface area contributed by atoms with Crippen LogP contribution in [0.3, 0.4) is 0 Å². The second-order valence-electron chi connectivity index (χ2n) is 4.18. The highest BCUT2D eigenvalue weighted by atomic mass is 32.2. The van der Waals surface area contributed by atoms with E-state index in [2.05, 4.69) is 5.32 Å². The molecule has 1 atom stereocenters. The standard InChI is InChI=1S/C12H17N3O3S/c1-8(5-6-19-2)14-12(16)10-7-9(15(17)18)3-4-11(10)13/h3-4,7-8H,5-6,13H2,1-2H3,(H,14,16). The number of hydrogen-bond acceptors (Lipinski definition) is 5. The van der Waals surface area contributed by atoms with Crippen LogP contribution in [0.2, 0.25) is 0 Å². The van der Waals surface area contributed by atoms with Crippen molar-refractivity contribution in [2.75, 3.05) is 17.7 Å². The number of amides is 1.